The van der Waals surface area contributed by atoms with Crippen molar-refractivity contribution in [2.75, 3.05) is 6.54 Å². The van der Waals surface area contributed by atoms with Crippen LogP contribution >= 0.6 is 11.3 Å². The molecular formula is C31H35N3O4S. The number of carbonyl (C=O) groups excluding carboxylic acids is 3. The number of fused-ring (bicyclic) bond motifs is 1. The second kappa shape index (κ2) is 10.7. The largest absolute Gasteiger partial charge is 0.391 e. The summed E-state index contributed by atoms with van der Waals surface area (Å²) < 4.78 is 0. The maximum Gasteiger partial charge on any atom is 0.255 e. The van der Waals surface area contributed by atoms with Crippen LogP contribution in [0.2, 0.25) is 0 Å². The number of ketones is 1. The minimum absolute atomic E-state index is 0.0756. The van der Waals surface area contributed by atoms with Crippen LogP contribution in [0.3, 0.4) is 0 Å². The van der Waals surface area contributed by atoms with Gasteiger partial charge in [-0.25, -0.2) is 4.98 Å². The number of β-amino-alcohol motifs (C(OH)–C–C–N with tert-alkyl or cyclic N) is 1. The molecule has 204 valence electrons. The first kappa shape index (κ1) is 27.2. The smallest absolute Gasteiger partial charge is 0.255 e. The molecule has 0 saturated carbocycles. The number of nitrogens with zero attached hydrogens (tertiary/aromatic N) is 3. The molecule has 2 aliphatic heterocycles. The highest BCUT2D eigenvalue weighted by Crippen LogP contribution is 2.36. The summed E-state index contributed by atoms with van der Waals surface area (Å²) >= 11 is 1.61. The van der Waals surface area contributed by atoms with Crippen molar-refractivity contribution in [1.29, 1.82) is 0 Å². The molecule has 3 atom stereocenters. The predicted molar refractivity (Wildman–Crippen MR) is 151 cm³/mol. The van der Waals surface area contributed by atoms with Gasteiger partial charge in [0.05, 0.1) is 22.2 Å². The Hall–Kier alpha value is -3.36. The van der Waals surface area contributed by atoms with E-state index in [-0.39, 0.29) is 42.9 Å². The van der Waals surface area contributed by atoms with Gasteiger partial charge < -0.3 is 14.9 Å². The first-order valence-electron chi connectivity index (χ1n) is 13.5. The lowest BCUT2D eigenvalue weighted by molar-refractivity contribution is -0.147. The van der Waals surface area contributed by atoms with E-state index in [1.54, 1.807) is 29.2 Å². The Kier molecular flexibility index (Phi) is 7.44. The molecule has 7 nitrogen and oxygen atoms in total. The van der Waals surface area contributed by atoms with E-state index in [2.05, 4.69) is 17.1 Å². The topological polar surface area (TPSA) is 90.8 Å². The highest BCUT2D eigenvalue weighted by molar-refractivity contribution is 7.13. The first-order valence-corrected chi connectivity index (χ1v) is 14.4. The van der Waals surface area contributed by atoms with Gasteiger partial charge >= 0.3 is 0 Å². The maximum absolute atomic E-state index is 14.1. The molecule has 2 aliphatic rings. The highest BCUT2D eigenvalue weighted by atomic mass is 32.1. The Morgan fingerprint density at radius 2 is 1.87 bits per heavy atom. The predicted octanol–water partition coefficient (Wildman–Crippen LogP) is 4.65. The summed E-state index contributed by atoms with van der Waals surface area (Å²) in [6.07, 6.45) is 0.207. The summed E-state index contributed by atoms with van der Waals surface area (Å²) in [7, 11) is 0. The molecule has 0 aliphatic carbocycles. The van der Waals surface area contributed by atoms with Crippen LogP contribution in [0.25, 0.3) is 10.4 Å². The Labute approximate surface area is 233 Å². The van der Waals surface area contributed by atoms with Crippen molar-refractivity contribution in [3.05, 3.63) is 76.4 Å². The lowest BCUT2D eigenvalue weighted by Gasteiger charge is -2.39. The highest BCUT2D eigenvalue weighted by Gasteiger charge is 2.52. The quantitative estimate of drug-likeness (QED) is 0.445. The maximum atomic E-state index is 14.1. The standard InChI is InChI=1S/C31H35N3O4S/c1-19(2)27(33-16-23-7-5-6-8-25(23)29(33)37)30(38)34-17-24(35)15-31(34,4)26(36)14-11-21-9-12-22(13-10-21)28-20(3)32-18-39-28/h5-10,12-13,18-19,24,27,35H,11,14-17H2,1-4H3/t24-,27+,31?/m1/s1. The molecule has 3 heterocycles. The van der Waals surface area contributed by atoms with Gasteiger partial charge in [-0.05, 0) is 48.9 Å². The number of carbonyl (C=O) groups is 3. The number of hydrogen-bond acceptors (Lipinski definition) is 6. The minimum Gasteiger partial charge on any atom is -0.391 e. The third kappa shape index (κ3) is 5.03. The van der Waals surface area contributed by atoms with Gasteiger partial charge in [0, 0.05) is 31.5 Å². The molecule has 0 radical (unpaired) electrons. The molecule has 5 rings (SSSR count). The summed E-state index contributed by atoms with van der Waals surface area (Å²) in [5, 5.41) is 10.6. The van der Waals surface area contributed by atoms with Gasteiger partial charge in [-0.1, -0.05) is 56.3 Å². The number of rotatable bonds is 8. The fourth-order valence-electron chi connectivity index (χ4n) is 6.01. The van der Waals surface area contributed by atoms with Crippen LogP contribution in [0, 0.1) is 12.8 Å². The molecule has 1 fully saturated rings. The number of hydrogen-bond donors (Lipinski definition) is 1. The number of thiazole rings is 1. The number of aromatic nitrogens is 1. The Morgan fingerprint density at radius 3 is 2.51 bits per heavy atom. The van der Waals surface area contributed by atoms with Gasteiger partial charge in [0.1, 0.15) is 11.6 Å². The molecule has 1 unspecified atom stereocenters. The zero-order valence-electron chi connectivity index (χ0n) is 22.9. The van der Waals surface area contributed by atoms with Gasteiger partial charge in [-0.15, -0.1) is 11.3 Å². The Bertz CT molecular complexity index is 1400. The molecule has 2 aromatic carbocycles. The fraction of sp³-hybridized carbons (Fsp3) is 0.419. The zero-order valence-corrected chi connectivity index (χ0v) is 23.7. The van der Waals surface area contributed by atoms with Crippen molar-refractivity contribution in [2.24, 2.45) is 5.92 Å². The number of aliphatic hydroxyl groups is 1. The van der Waals surface area contributed by atoms with E-state index in [9.17, 15) is 19.5 Å². The second-order valence-corrected chi connectivity index (χ2v) is 12.1. The Morgan fingerprint density at radius 1 is 1.15 bits per heavy atom. The summed E-state index contributed by atoms with van der Waals surface area (Å²) in [5.41, 5.74) is 5.37. The first-order chi connectivity index (χ1) is 18.6. The van der Waals surface area contributed by atoms with Crippen molar-refractivity contribution in [3.8, 4) is 10.4 Å². The van der Waals surface area contributed by atoms with E-state index in [0.717, 1.165) is 27.3 Å². The van der Waals surface area contributed by atoms with Crippen molar-refractivity contribution < 1.29 is 19.5 Å². The molecule has 0 bridgehead atoms. The van der Waals surface area contributed by atoms with E-state index >= 15 is 0 Å². The van der Waals surface area contributed by atoms with Crippen LogP contribution in [0.15, 0.2) is 54.0 Å². The van der Waals surface area contributed by atoms with E-state index < -0.39 is 17.7 Å². The normalized spacial score (nSPS) is 21.5. The fourth-order valence-corrected chi connectivity index (χ4v) is 6.82. The molecule has 1 saturated heterocycles. The minimum atomic E-state index is -1.13. The lowest BCUT2D eigenvalue weighted by Crippen LogP contribution is -2.58. The summed E-state index contributed by atoms with van der Waals surface area (Å²) in [6.45, 7) is 8.04. The molecular weight excluding hydrogens is 510 g/mol. The Balaban J connectivity index is 1.31. The molecule has 2 amide bonds. The van der Waals surface area contributed by atoms with Crippen LogP contribution in [0.1, 0.15) is 60.8 Å². The molecule has 1 N–H and O–H groups in total. The molecule has 3 aromatic rings. The SMILES string of the molecule is Cc1ncsc1-c1ccc(CCC(=O)C2(C)C[C@@H](O)CN2C(=O)[C@H](C(C)C)N2Cc3ccccc3C2=O)cc1. The molecule has 39 heavy (non-hydrogen) atoms. The van der Waals surface area contributed by atoms with Crippen LogP contribution < -0.4 is 0 Å². The van der Waals surface area contributed by atoms with Gasteiger partial charge in [-0.3, -0.25) is 14.4 Å². The third-order valence-electron chi connectivity index (χ3n) is 8.16. The summed E-state index contributed by atoms with van der Waals surface area (Å²) in [6, 6.07) is 14.9. The third-order valence-corrected chi connectivity index (χ3v) is 9.14. The zero-order chi connectivity index (χ0) is 27.9. The summed E-state index contributed by atoms with van der Waals surface area (Å²) in [5.74, 6) is -0.674. The van der Waals surface area contributed by atoms with Crippen LogP contribution in [0.5, 0.6) is 0 Å². The monoisotopic (exact) mass is 545 g/mol. The van der Waals surface area contributed by atoms with Crippen molar-refractivity contribution in [2.45, 2.75) is 71.2 Å². The van der Waals surface area contributed by atoms with Crippen LogP contribution in [0.4, 0.5) is 0 Å². The van der Waals surface area contributed by atoms with E-state index in [0.29, 0.717) is 18.5 Å². The van der Waals surface area contributed by atoms with Gasteiger partial charge in [-0.2, -0.15) is 0 Å². The molecule has 8 heteroatoms. The molecule has 1 aromatic heterocycles. The number of benzene rings is 2. The van der Waals surface area contributed by atoms with Crippen LogP contribution in [-0.2, 0) is 22.6 Å². The number of likely N-dealkylation sites (tertiary alicyclic amines) is 1. The summed E-state index contributed by atoms with van der Waals surface area (Å²) in [4.78, 5) is 49.6. The van der Waals surface area contributed by atoms with Gasteiger partial charge in [0.2, 0.25) is 5.91 Å². The van der Waals surface area contributed by atoms with Crippen molar-refractivity contribution >= 4 is 28.9 Å². The number of Topliss-reactive ketones (excluding diaryl/α,β-unsaturated/α-hetero) is 1. The van der Waals surface area contributed by atoms with E-state index in [1.165, 1.54) is 4.90 Å². The van der Waals surface area contributed by atoms with Gasteiger partial charge in [0.25, 0.3) is 5.91 Å². The number of aliphatic hydroxyl groups excluding tert-OH is 1. The van der Waals surface area contributed by atoms with Gasteiger partial charge in [0.15, 0.2) is 5.78 Å². The molecule has 0 spiro atoms. The van der Waals surface area contributed by atoms with Crippen LogP contribution in [-0.4, -0.2) is 61.7 Å². The van der Waals surface area contributed by atoms with E-state index in [1.807, 2.05) is 56.6 Å². The average molecular weight is 546 g/mol. The number of aryl methyl sites for hydroxylation is 2. The van der Waals surface area contributed by atoms with Crippen molar-refractivity contribution in [1.82, 2.24) is 14.8 Å². The van der Waals surface area contributed by atoms with E-state index in [4.69, 9.17) is 0 Å². The average Bonchev–Trinajstić information content (AvgIpc) is 3.58. The van der Waals surface area contributed by atoms with Crippen molar-refractivity contribution in [3.63, 3.8) is 0 Å². The second-order valence-electron chi connectivity index (χ2n) is 11.2. The lowest BCUT2D eigenvalue weighted by atomic mass is 9.87. The number of amides is 2.